The number of hydrogen-bond acceptors (Lipinski definition) is 5. The van der Waals surface area contributed by atoms with Gasteiger partial charge in [0, 0.05) is 25.4 Å². The van der Waals surface area contributed by atoms with Crippen LogP contribution in [0.3, 0.4) is 0 Å². The summed E-state index contributed by atoms with van der Waals surface area (Å²) in [6.45, 7) is 2.73. The van der Waals surface area contributed by atoms with Crippen LogP contribution in [0, 0.1) is 6.92 Å². The number of nitrogens with zero attached hydrogens (tertiary/aromatic N) is 2. The van der Waals surface area contributed by atoms with Crippen molar-refractivity contribution in [2.45, 2.75) is 28.4 Å². The maximum Gasteiger partial charge on any atom is 0.330 e. The molecule has 8 nitrogen and oxygen atoms in total. The molecule has 146 valence electrons. The molecule has 0 bridgehead atoms. The summed E-state index contributed by atoms with van der Waals surface area (Å²) in [6, 6.07) is 7.99. The number of ether oxygens (including phenoxy) is 1. The maximum absolute atomic E-state index is 13.0. The van der Waals surface area contributed by atoms with Gasteiger partial charge >= 0.3 is 5.69 Å². The van der Waals surface area contributed by atoms with Crippen LogP contribution >= 0.6 is 22.6 Å². The van der Waals surface area contributed by atoms with Gasteiger partial charge in [-0.25, -0.2) is 13.2 Å². The number of aryl methyl sites for hydroxylation is 1. The molecule has 1 saturated heterocycles. The van der Waals surface area contributed by atoms with E-state index in [9.17, 15) is 18.0 Å². The van der Waals surface area contributed by atoms with Crippen LogP contribution in [0.1, 0.15) is 18.2 Å². The third kappa shape index (κ3) is 4.50. The Morgan fingerprint density at radius 2 is 1.89 bits per heavy atom. The second-order valence-electron chi connectivity index (χ2n) is 6.32. The van der Waals surface area contributed by atoms with Gasteiger partial charge in [-0.3, -0.25) is 14.3 Å². The summed E-state index contributed by atoms with van der Waals surface area (Å²) in [5, 5.41) is 0. The standard InChI is InChI=1S/C17H20IN3O5S/c1-12-3-5-13(6-4-12)27(24,25)20-8-2-10-26-16(14(18)11-20)21-9-7-15(22)19-17(21)23/h3-7,9,14,16H,2,8,10-11H2,1H3,(H,19,22,23)/t14-,16-/m0/s1. The third-order valence-corrected chi connectivity index (χ3v) is 7.20. The summed E-state index contributed by atoms with van der Waals surface area (Å²) in [7, 11) is -3.65. The van der Waals surface area contributed by atoms with E-state index in [1.54, 1.807) is 24.3 Å². The normalized spacial score (nSPS) is 22.1. The Labute approximate surface area is 170 Å². The van der Waals surface area contributed by atoms with Gasteiger partial charge in [-0.2, -0.15) is 4.31 Å². The molecule has 1 N–H and O–H groups in total. The number of hydrogen-bond donors (Lipinski definition) is 1. The van der Waals surface area contributed by atoms with E-state index in [-0.39, 0.29) is 15.4 Å². The van der Waals surface area contributed by atoms with Crippen molar-refractivity contribution in [3.63, 3.8) is 0 Å². The van der Waals surface area contributed by atoms with E-state index in [4.69, 9.17) is 4.74 Å². The highest BCUT2D eigenvalue weighted by atomic mass is 127. The highest BCUT2D eigenvalue weighted by Crippen LogP contribution is 2.26. The number of rotatable bonds is 3. The molecule has 1 aliphatic heterocycles. The summed E-state index contributed by atoms with van der Waals surface area (Å²) in [5.41, 5.74) is -0.0855. The lowest BCUT2D eigenvalue weighted by atomic mass is 10.2. The monoisotopic (exact) mass is 505 g/mol. The molecule has 0 unspecified atom stereocenters. The van der Waals surface area contributed by atoms with Gasteiger partial charge in [-0.15, -0.1) is 0 Å². The molecular weight excluding hydrogens is 485 g/mol. The topological polar surface area (TPSA) is 101 Å². The van der Waals surface area contributed by atoms with Crippen molar-refractivity contribution in [3.05, 3.63) is 62.9 Å². The van der Waals surface area contributed by atoms with E-state index in [1.165, 1.54) is 21.1 Å². The van der Waals surface area contributed by atoms with E-state index < -0.39 is 27.5 Å². The summed E-state index contributed by atoms with van der Waals surface area (Å²) >= 11 is 2.09. The number of halogens is 1. The van der Waals surface area contributed by atoms with Gasteiger partial charge < -0.3 is 4.74 Å². The number of nitrogens with one attached hydrogen (secondary N) is 1. The molecule has 0 amide bonds. The number of sulfonamides is 1. The van der Waals surface area contributed by atoms with Crippen molar-refractivity contribution in [2.24, 2.45) is 0 Å². The van der Waals surface area contributed by atoms with Crippen molar-refractivity contribution in [3.8, 4) is 0 Å². The van der Waals surface area contributed by atoms with Gasteiger partial charge in [0.1, 0.15) is 0 Å². The third-order valence-electron chi connectivity index (χ3n) is 4.31. The summed E-state index contributed by atoms with van der Waals surface area (Å²) in [4.78, 5) is 25.9. The van der Waals surface area contributed by atoms with Crippen LogP contribution in [0.15, 0.2) is 51.0 Å². The molecule has 10 heteroatoms. The minimum absolute atomic E-state index is 0.188. The highest BCUT2D eigenvalue weighted by molar-refractivity contribution is 14.1. The first-order valence-corrected chi connectivity index (χ1v) is 11.1. The highest BCUT2D eigenvalue weighted by Gasteiger charge is 2.32. The lowest BCUT2D eigenvalue weighted by molar-refractivity contribution is -0.0127. The fourth-order valence-electron chi connectivity index (χ4n) is 2.89. The van der Waals surface area contributed by atoms with Gasteiger partial charge in [0.05, 0.1) is 15.4 Å². The number of aromatic amines is 1. The Balaban J connectivity index is 1.89. The Hall–Kier alpha value is -1.50. The number of aromatic nitrogens is 2. The van der Waals surface area contributed by atoms with E-state index >= 15 is 0 Å². The first-order valence-electron chi connectivity index (χ1n) is 8.43. The largest absolute Gasteiger partial charge is 0.357 e. The van der Waals surface area contributed by atoms with E-state index in [0.29, 0.717) is 19.6 Å². The minimum atomic E-state index is -3.65. The van der Waals surface area contributed by atoms with Gasteiger partial charge in [0.15, 0.2) is 6.23 Å². The smallest absolute Gasteiger partial charge is 0.330 e. The zero-order chi connectivity index (χ0) is 19.6. The van der Waals surface area contributed by atoms with Crippen LogP contribution in [0.25, 0.3) is 0 Å². The van der Waals surface area contributed by atoms with Crippen LogP contribution in [0.4, 0.5) is 0 Å². The summed E-state index contributed by atoms with van der Waals surface area (Å²) in [5.74, 6) is 0. The Morgan fingerprint density at radius 1 is 1.19 bits per heavy atom. The molecule has 27 heavy (non-hydrogen) atoms. The first-order chi connectivity index (χ1) is 12.8. The van der Waals surface area contributed by atoms with Crippen molar-refractivity contribution in [2.75, 3.05) is 19.7 Å². The second kappa shape index (κ2) is 8.25. The SMILES string of the molecule is Cc1ccc(S(=O)(=O)N2CCCO[C@H](n3ccc(=O)[nH]c3=O)[C@@H](I)C2)cc1. The fraction of sp³-hybridized carbons (Fsp3) is 0.412. The average Bonchev–Trinajstić information content (AvgIpc) is 2.60. The van der Waals surface area contributed by atoms with Crippen molar-refractivity contribution < 1.29 is 13.2 Å². The molecule has 0 aliphatic carbocycles. The molecule has 0 radical (unpaired) electrons. The van der Waals surface area contributed by atoms with E-state index in [0.717, 1.165) is 5.56 Å². The molecule has 1 aromatic heterocycles. The van der Waals surface area contributed by atoms with Crippen LogP contribution in [-0.4, -0.2) is 45.9 Å². The lowest BCUT2D eigenvalue weighted by Crippen LogP contribution is -2.44. The predicted octanol–water partition coefficient (Wildman–Crippen LogP) is 1.26. The number of H-pyrrole nitrogens is 1. The molecular formula is C17H20IN3O5S. The number of alkyl halides is 1. The van der Waals surface area contributed by atoms with Crippen LogP contribution in [-0.2, 0) is 14.8 Å². The van der Waals surface area contributed by atoms with Crippen molar-refractivity contribution in [1.82, 2.24) is 13.9 Å². The van der Waals surface area contributed by atoms with Crippen molar-refractivity contribution in [1.29, 1.82) is 0 Å². The molecule has 3 rings (SSSR count). The summed E-state index contributed by atoms with van der Waals surface area (Å²) in [6.07, 6.45) is 1.20. The van der Waals surface area contributed by atoms with Gasteiger partial charge in [0.25, 0.3) is 5.56 Å². The van der Waals surface area contributed by atoms with Crippen molar-refractivity contribution >= 4 is 32.6 Å². The molecule has 1 fully saturated rings. The summed E-state index contributed by atoms with van der Waals surface area (Å²) < 4.78 is 34.3. The predicted molar refractivity (Wildman–Crippen MR) is 109 cm³/mol. The van der Waals surface area contributed by atoms with E-state index in [1.807, 2.05) is 6.92 Å². The Kier molecular flexibility index (Phi) is 6.18. The molecule has 0 saturated carbocycles. The van der Waals surface area contributed by atoms with Crippen LogP contribution in [0.5, 0.6) is 0 Å². The zero-order valence-electron chi connectivity index (χ0n) is 14.7. The second-order valence-corrected chi connectivity index (χ2v) is 9.86. The molecule has 1 aliphatic rings. The van der Waals surface area contributed by atoms with Gasteiger partial charge in [-0.1, -0.05) is 40.3 Å². The fourth-order valence-corrected chi connectivity index (χ4v) is 5.69. The molecule has 0 spiro atoms. The van der Waals surface area contributed by atoms with Gasteiger partial charge in [0.2, 0.25) is 10.0 Å². The molecule has 2 atom stereocenters. The Bertz CT molecular complexity index is 1020. The van der Waals surface area contributed by atoms with E-state index in [2.05, 4.69) is 27.6 Å². The average molecular weight is 505 g/mol. The number of benzene rings is 1. The maximum atomic E-state index is 13.0. The van der Waals surface area contributed by atoms with Crippen LogP contribution < -0.4 is 11.2 Å². The minimum Gasteiger partial charge on any atom is -0.357 e. The quantitative estimate of drug-likeness (QED) is 0.500. The molecule has 2 aromatic rings. The van der Waals surface area contributed by atoms with Crippen LogP contribution in [0.2, 0.25) is 0 Å². The Morgan fingerprint density at radius 3 is 2.56 bits per heavy atom. The first kappa shape index (κ1) is 20.2. The molecule has 2 heterocycles. The lowest BCUT2D eigenvalue weighted by Gasteiger charge is -2.32. The zero-order valence-corrected chi connectivity index (χ0v) is 17.6. The van der Waals surface area contributed by atoms with Gasteiger partial charge in [-0.05, 0) is 25.5 Å². The molecule has 1 aromatic carbocycles.